The number of carbonyl (C=O) groups excluding carboxylic acids is 1. The van der Waals surface area contributed by atoms with Gasteiger partial charge in [0.15, 0.2) is 11.0 Å². The van der Waals surface area contributed by atoms with Crippen LogP contribution in [0.2, 0.25) is 5.02 Å². The number of aromatic nitrogens is 3. The lowest BCUT2D eigenvalue weighted by Gasteiger charge is -2.12. The highest BCUT2D eigenvalue weighted by atomic mass is 35.5. The molecule has 1 heterocycles. The summed E-state index contributed by atoms with van der Waals surface area (Å²) in [7, 11) is 1.63. The van der Waals surface area contributed by atoms with Gasteiger partial charge in [-0.25, -0.2) is 0 Å². The monoisotopic (exact) mass is 506 g/mol. The van der Waals surface area contributed by atoms with Gasteiger partial charge in [-0.1, -0.05) is 49.3 Å². The van der Waals surface area contributed by atoms with Crippen molar-refractivity contribution in [1.29, 1.82) is 0 Å². The van der Waals surface area contributed by atoms with Crippen molar-refractivity contribution in [2.45, 2.75) is 31.3 Å². The second kappa shape index (κ2) is 11.4. The highest BCUT2D eigenvalue weighted by molar-refractivity contribution is 7.99. The maximum Gasteiger partial charge on any atom is 0.234 e. The van der Waals surface area contributed by atoms with Crippen molar-refractivity contribution in [2.24, 2.45) is 0 Å². The van der Waals surface area contributed by atoms with Crippen molar-refractivity contribution in [3.63, 3.8) is 0 Å². The molecule has 0 saturated carbocycles. The molecule has 1 atom stereocenters. The minimum atomic E-state index is -0.108. The molecule has 0 aliphatic heterocycles. The summed E-state index contributed by atoms with van der Waals surface area (Å²) in [5.41, 5.74) is 3.78. The summed E-state index contributed by atoms with van der Waals surface area (Å²) in [5, 5.41) is 13.0. The van der Waals surface area contributed by atoms with Gasteiger partial charge in [-0.2, -0.15) is 0 Å². The van der Waals surface area contributed by atoms with E-state index in [1.807, 2.05) is 65.2 Å². The van der Waals surface area contributed by atoms with Gasteiger partial charge in [0.25, 0.3) is 0 Å². The highest BCUT2D eigenvalue weighted by Crippen LogP contribution is 2.30. The lowest BCUT2D eigenvalue weighted by molar-refractivity contribution is -0.113. The zero-order chi connectivity index (χ0) is 24.8. The zero-order valence-electron chi connectivity index (χ0n) is 19.9. The number of nitrogens with one attached hydrogen (secondary N) is 1. The molecule has 0 radical (unpaired) electrons. The number of halogens is 1. The maximum absolute atomic E-state index is 12.7. The van der Waals surface area contributed by atoms with E-state index in [2.05, 4.69) is 41.5 Å². The third kappa shape index (κ3) is 6.05. The first-order valence-electron chi connectivity index (χ1n) is 11.4. The Kier molecular flexibility index (Phi) is 8.10. The average molecular weight is 507 g/mol. The normalized spacial score (nSPS) is 11.8. The Hall–Kier alpha value is -3.29. The van der Waals surface area contributed by atoms with Gasteiger partial charge in [0, 0.05) is 22.0 Å². The Morgan fingerprint density at radius 3 is 2.34 bits per heavy atom. The predicted octanol–water partition coefficient (Wildman–Crippen LogP) is 6.84. The molecule has 0 unspecified atom stereocenters. The first kappa shape index (κ1) is 24.8. The zero-order valence-corrected chi connectivity index (χ0v) is 21.4. The lowest BCUT2D eigenvalue weighted by Crippen LogP contribution is -2.14. The van der Waals surface area contributed by atoms with Crippen LogP contribution >= 0.6 is 23.4 Å². The predicted molar refractivity (Wildman–Crippen MR) is 143 cm³/mol. The minimum absolute atomic E-state index is 0.108. The summed E-state index contributed by atoms with van der Waals surface area (Å²) in [6.07, 6.45) is 1.08. The number of ether oxygens (including phenoxy) is 1. The number of nitrogens with zero attached hydrogens (tertiary/aromatic N) is 3. The third-order valence-electron chi connectivity index (χ3n) is 5.77. The van der Waals surface area contributed by atoms with E-state index in [1.54, 1.807) is 7.11 Å². The number of amides is 1. The van der Waals surface area contributed by atoms with Crippen molar-refractivity contribution >= 4 is 35.0 Å². The van der Waals surface area contributed by atoms with Crippen LogP contribution in [0.4, 0.5) is 5.69 Å². The van der Waals surface area contributed by atoms with Crippen LogP contribution in [0, 0.1) is 0 Å². The fourth-order valence-corrected chi connectivity index (χ4v) is 4.45. The van der Waals surface area contributed by atoms with Crippen LogP contribution in [0.25, 0.3) is 17.1 Å². The van der Waals surface area contributed by atoms with Crippen molar-refractivity contribution < 1.29 is 9.53 Å². The molecule has 0 aliphatic carbocycles. The molecule has 1 amide bonds. The van der Waals surface area contributed by atoms with Gasteiger partial charge in [-0.3, -0.25) is 9.36 Å². The van der Waals surface area contributed by atoms with Crippen LogP contribution in [0.3, 0.4) is 0 Å². The van der Waals surface area contributed by atoms with Crippen molar-refractivity contribution in [3.8, 4) is 22.8 Å². The van der Waals surface area contributed by atoms with Crippen molar-refractivity contribution in [3.05, 3.63) is 83.4 Å². The number of rotatable bonds is 9. The molecular formula is C27H27ClN4O2S. The number of hydrogen-bond acceptors (Lipinski definition) is 5. The van der Waals surface area contributed by atoms with Gasteiger partial charge in [-0.15, -0.1) is 10.2 Å². The molecule has 0 spiro atoms. The largest absolute Gasteiger partial charge is 0.497 e. The van der Waals surface area contributed by atoms with E-state index in [1.165, 1.54) is 17.3 Å². The van der Waals surface area contributed by atoms with Gasteiger partial charge < -0.3 is 10.1 Å². The molecule has 4 aromatic rings. The van der Waals surface area contributed by atoms with Crippen LogP contribution < -0.4 is 10.1 Å². The van der Waals surface area contributed by atoms with Crippen molar-refractivity contribution in [1.82, 2.24) is 14.8 Å². The van der Waals surface area contributed by atoms with Crippen LogP contribution in [0.15, 0.2) is 78.0 Å². The van der Waals surface area contributed by atoms with E-state index in [0.717, 1.165) is 29.1 Å². The number of thioether (sulfide) groups is 1. The molecule has 8 heteroatoms. The first-order chi connectivity index (χ1) is 17.0. The second-order valence-electron chi connectivity index (χ2n) is 8.11. The summed E-state index contributed by atoms with van der Waals surface area (Å²) in [6.45, 7) is 4.36. The number of methoxy groups -OCH3 is 1. The first-order valence-corrected chi connectivity index (χ1v) is 12.7. The number of anilines is 1. The van der Waals surface area contributed by atoms with Gasteiger partial charge in [0.1, 0.15) is 5.75 Å². The molecule has 180 valence electrons. The molecule has 3 aromatic carbocycles. The van der Waals surface area contributed by atoms with Crippen LogP contribution in [-0.4, -0.2) is 33.5 Å². The van der Waals surface area contributed by atoms with Gasteiger partial charge >= 0.3 is 0 Å². The SMILES string of the molecule is CC[C@@H](C)c1ccc(NC(=O)CSc2nnc(-c3ccc(Cl)cc3)n2-c2ccc(OC)cc2)cc1. The molecule has 1 aromatic heterocycles. The Morgan fingerprint density at radius 2 is 1.71 bits per heavy atom. The average Bonchev–Trinajstić information content (AvgIpc) is 3.32. The number of benzene rings is 3. The van der Waals surface area contributed by atoms with Crippen LogP contribution in [0.1, 0.15) is 31.7 Å². The quantitative estimate of drug-likeness (QED) is 0.252. The van der Waals surface area contributed by atoms with E-state index in [4.69, 9.17) is 16.3 Å². The Balaban J connectivity index is 1.53. The standard InChI is InChI=1S/C27H27ClN4O2S/c1-4-18(2)19-7-11-22(12-8-19)29-25(33)17-35-27-31-30-26(20-5-9-21(28)10-6-20)32(27)23-13-15-24(34-3)16-14-23/h5-16,18H,4,17H2,1-3H3,(H,29,33)/t18-/m1/s1. The van der Waals surface area contributed by atoms with E-state index >= 15 is 0 Å². The summed E-state index contributed by atoms with van der Waals surface area (Å²) in [4.78, 5) is 12.7. The molecule has 0 bridgehead atoms. The Bertz CT molecular complexity index is 1270. The summed E-state index contributed by atoms with van der Waals surface area (Å²) in [6, 6.07) is 23.1. The topological polar surface area (TPSA) is 69.0 Å². The molecule has 1 N–H and O–H groups in total. The van der Waals surface area contributed by atoms with Gasteiger partial charge in [0.2, 0.25) is 5.91 Å². The van der Waals surface area contributed by atoms with E-state index < -0.39 is 0 Å². The number of carbonyl (C=O) groups is 1. The summed E-state index contributed by atoms with van der Waals surface area (Å²) in [5.74, 6) is 2.00. The Labute approximate surface area is 214 Å². The summed E-state index contributed by atoms with van der Waals surface area (Å²) < 4.78 is 7.23. The van der Waals surface area contributed by atoms with E-state index in [-0.39, 0.29) is 11.7 Å². The Morgan fingerprint density at radius 1 is 1.03 bits per heavy atom. The van der Waals surface area contributed by atoms with Crippen molar-refractivity contribution in [2.75, 3.05) is 18.2 Å². The van der Waals surface area contributed by atoms with E-state index in [9.17, 15) is 4.79 Å². The second-order valence-corrected chi connectivity index (χ2v) is 9.49. The van der Waals surface area contributed by atoms with Gasteiger partial charge in [0.05, 0.1) is 12.9 Å². The molecule has 0 aliphatic rings. The number of hydrogen-bond donors (Lipinski definition) is 1. The minimum Gasteiger partial charge on any atom is -0.497 e. The highest BCUT2D eigenvalue weighted by Gasteiger charge is 2.18. The third-order valence-corrected chi connectivity index (χ3v) is 6.96. The molecule has 0 fully saturated rings. The molecular weight excluding hydrogens is 480 g/mol. The van der Waals surface area contributed by atoms with Crippen LogP contribution in [0.5, 0.6) is 5.75 Å². The molecule has 4 rings (SSSR count). The summed E-state index contributed by atoms with van der Waals surface area (Å²) >= 11 is 7.40. The lowest BCUT2D eigenvalue weighted by atomic mass is 9.99. The van der Waals surface area contributed by atoms with E-state index in [0.29, 0.717) is 21.9 Å². The molecule has 6 nitrogen and oxygen atoms in total. The molecule has 0 saturated heterocycles. The van der Waals surface area contributed by atoms with Crippen LogP contribution in [-0.2, 0) is 4.79 Å². The maximum atomic E-state index is 12.7. The smallest absolute Gasteiger partial charge is 0.234 e. The fraction of sp³-hybridized carbons (Fsp3) is 0.222. The molecule has 35 heavy (non-hydrogen) atoms. The fourth-order valence-electron chi connectivity index (χ4n) is 3.57. The van der Waals surface area contributed by atoms with Gasteiger partial charge in [-0.05, 0) is 78.6 Å².